The highest BCUT2D eigenvalue weighted by atomic mass is 16.3. The van der Waals surface area contributed by atoms with Crippen LogP contribution in [-0.4, -0.2) is 23.3 Å². The third-order valence-corrected chi connectivity index (χ3v) is 3.06. The fourth-order valence-electron chi connectivity index (χ4n) is 2.05. The number of nitrogens with one attached hydrogen (secondary N) is 2. The van der Waals surface area contributed by atoms with Gasteiger partial charge in [0.25, 0.3) is 5.91 Å². The van der Waals surface area contributed by atoms with Crippen molar-refractivity contribution < 1.29 is 14.0 Å². The Hall–Kier alpha value is -3.15. The topological polar surface area (TPSA) is 84.2 Å². The molecule has 0 saturated heterocycles. The molecule has 2 aromatic heterocycles. The van der Waals surface area contributed by atoms with Gasteiger partial charge in [0.2, 0.25) is 5.91 Å². The van der Waals surface area contributed by atoms with E-state index in [1.54, 1.807) is 18.3 Å². The lowest BCUT2D eigenvalue weighted by atomic mass is 10.2. The summed E-state index contributed by atoms with van der Waals surface area (Å²) in [4.78, 5) is 27.9. The molecule has 6 heteroatoms. The average Bonchev–Trinajstić information content (AvgIpc) is 3.07. The van der Waals surface area contributed by atoms with Crippen LogP contribution in [0.15, 0.2) is 59.3 Å². The van der Waals surface area contributed by atoms with Crippen LogP contribution >= 0.6 is 0 Å². The quantitative estimate of drug-likeness (QED) is 0.772. The van der Waals surface area contributed by atoms with Crippen molar-refractivity contribution in [2.24, 2.45) is 0 Å². The minimum atomic E-state index is -0.434. The van der Waals surface area contributed by atoms with Crippen LogP contribution < -0.4 is 10.6 Å². The van der Waals surface area contributed by atoms with E-state index in [4.69, 9.17) is 4.42 Å². The van der Waals surface area contributed by atoms with Gasteiger partial charge in [0, 0.05) is 11.6 Å². The Bertz CT molecular complexity index is 807. The fourth-order valence-corrected chi connectivity index (χ4v) is 2.05. The Balaban J connectivity index is 1.65. The van der Waals surface area contributed by atoms with Crippen LogP contribution in [0.4, 0.5) is 5.69 Å². The van der Waals surface area contributed by atoms with Crippen molar-refractivity contribution in [1.29, 1.82) is 0 Å². The van der Waals surface area contributed by atoms with E-state index < -0.39 is 5.91 Å². The van der Waals surface area contributed by atoms with Crippen molar-refractivity contribution in [2.75, 3.05) is 11.9 Å². The van der Waals surface area contributed by atoms with Gasteiger partial charge in [-0.05, 0) is 24.3 Å². The highest BCUT2D eigenvalue weighted by Gasteiger charge is 2.11. The van der Waals surface area contributed by atoms with E-state index in [-0.39, 0.29) is 18.2 Å². The fraction of sp³-hybridized carbons (Fsp3) is 0.0625. The van der Waals surface area contributed by atoms with Crippen LogP contribution in [0.2, 0.25) is 0 Å². The van der Waals surface area contributed by atoms with Crippen molar-refractivity contribution in [3.05, 3.63) is 60.7 Å². The van der Waals surface area contributed by atoms with Crippen molar-refractivity contribution >= 4 is 28.4 Å². The molecule has 0 spiro atoms. The normalized spacial score (nSPS) is 10.4. The molecule has 0 aliphatic rings. The molecule has 110 valence electrons. The molecule has 2 heterocycles. The van der Waals surface area contributed by atoms with Gasteiger partial charge in [-0.3, -0.25) is 14.6 Å². The SMILES string of the molecule is O=C(CNC(=O)c1ccco1)Nc1cccc2cccnc12. The molecule has 3 aromatic rings. The molecular formula is C16H13N3O3. The summed E-state index contributed by atoms with van der Waals surface area (Å²) in [5.74, 6) is -0.603. The standard InChI is InChI=1S/C16H13N3O3/c20-14(10-18-16(21)13-7-3-9-22-13)19-12-6-1-4-11-5-2-8-17-15(11)12/h1-9H,10H2,(H,18,21)(H,19,20). The summed E-state index contributed by atoms with van der Waals surface area (Å²) in [6.07, 6.45) is 3.06. The second-order valence-electron chi connectivity index (χ2n) is 4.59. The van der Waals surface area contributed by atoms with Crippen LogP contribution in [0, 0.1) is 0 Å². The van der Waals surface area contributed by atoms with Gasteiger partial charge in [-0.15, -0.1) is 0 Å². The number of furan rings is 1. The van der Waals surface area contributed by atoms with E-state index in [1.807, 2.05) is 24.3 Å². The van der Waals surface area contributed by atoms with Crippen LogP contribution in [-0.2, 0) is 4.79 Å². The van der Waals surface area contributed by atoms with Crippen LogP contribution in [0.1, 0.15) is 10.6 Å². The lowest BCUT2D eigenvalue weighted by molar-refractivity contribution is -0.115. The van der Waals surface area contributed by atoms with E-state index >= 15 is 0 Å². The Kier molecular flexibility index (Phi) is 3.82. The number of hydrogen-bond donors (Lipinski definition) is 2. The minimum absolute atomic E-state index is 0.150. The summed E-state index contributed by atoms with van der Waals surface area (Å²) in [7, 11) is 0. The Morgan fingerprint density at radius 2 is 1.95 bits per heavy atom. The summed E-state index contributed by atoms with van der Waals surface area (Å²) in [5.41, 5.74) is 1.31. The first-order valence-electron chi connectivity index (χ1n) is 6.69. The zero-order chi connectivity index (χ0) is 15.4. The maximum Gasteiger partial charge on any atom is 0.287 e. The Morgan fingerprint density at radius 1 is 1.09 bits per heavy atom. The van der Waals surface area contributed by atoms with Crippen molar-refractivity contribution in [3.63, 3.8) is 0 Å². The van der Waals surface area contributed by atoms with Crippen LogP contribution in [0.5, 0.6) is 0 Å². The highest BCUT2D eigenvalue weighted by Crippen LogP contribution is 2.20. The molecule has 6 nitrogen and oxygen atoms in total. The van der Waals surface area contributed by atoms with E-state index in [0.29, 0.717) is 11.2 Å². The number of anilines is 1. The number of pyridine rings is 1. The van der Waals surface area contributed by atoms with E-state index in [1.165, 1.54) is 12.3 Å². The second kappa shape index (κ2) is 6.09. The first-order chi connectivity index (χ1) is 10.7. The predicted octanol–water partition coefficient (Wildman–Crippen LogP) is 2.20. The van der Waals surface area contributed by atoms with Crippen molar-refractivity contribution in [2.45, 2.75) is 0 Å². The largest absolute Gasteiger partial charge is 0.459 e. The van der Waals surface area contributed by atoms with Gasteiger partial charge in [0.15, 0.2) is 5.76 Å². The van der Waals surface area contributed by atoms with Gasteiger partial charge in [0.1, 0.15) is 0 Å². The summed E-state index contributed by atoms with van der Waals surface area (Å²) < 4.78 is 4.95. The number of hydrogen-bond acceptors (Lipinski definition) is 4. The molecule has 1 aromatic carbocycles. The summed E-state index contributed by atoms with van der Waals surface area (Å²) >= 11 is 0. The number of carbonyl (C=O) groups is 2. The smallest absolute Gasteiger partial charge is 0.287 e. The van der Waals surface area contributed by atoms with Crippen LogP contribution in [0.25, 0.3) is 10.9 Å². The Labute approximate surface area is 126 Å². The number of aromatic nitrogens is 1. The highest BCUT2D eigenvalue weighted by molar-refractivity contribution is 6.02. The molecule has 0 bridgehead atoms. The second-order valence-corrected chi connectivity index (χ2v) is 4.59. The first kappa shape index (κ1) is 13.8. The van der Waals surface area contributed by atoms with Gasteiger partial charge in [0.05, 0.1) is 24.0 Å². The van der Waals surface area contributed by atoms with Gasteiger partial charge < -0.3 is 15.1 Å². The third-order valence-electron chi connectivity index (χ3n) is 3.06. The minimum Gasteiger partial charge on any atom is -0.459 e. The zero-order valence-corrected chi connectivity index (χ0v) is 11.6. The number of benzene rings is 1. The average molecular weight is 295 g/mol. The maximum atomic E-state index is 11.9. The van der Waals surface area contributed by atoms with Gasteiger partial charge in [-0.1, -0.05) is 18.2 Å². The van der Waals surface area contributed by atoms with Gasteiger partial charge in [-0.2, -0.15) is 0 Å². The van der Waals surface area contributed by atoms with E-state index in [9.17, 15) is 9.59 Å². The lowest BCUT2D eigenvalue weighted by Crippen LogP contribution is -2.32. The van der Waals surface area contributed by atoms with E-state index in [2.05, 4.69) is 15.6 Å². The monoisotopic (exact) mass is 295 g/mol. The molecule has 0 aliphatic carbocycles. The molecule has 22 heavy (non-hydrogen) atoms. The number of carbonyl (C=O) groups excluding carboxylic acids is 2. The van der Waals surface area contributed by atoms with Crippen LogP contribution in [0.3, 0.4) is 0 Å². The maximum absolute atomic E-state index is 11.9. The lowest BCUT2D eigenvalue weighted by Gasteiger charge is -2.08. The molecule has 3 rings (SSSR count). The number of nitrogens with zero attached hydrogens (tertiary/aromatic N) is 1. The molecule has 0 aliphatic heterocycles. The summed E-state index contributed by atoms with van der Waals surface area (Å²) in [5, 5.41) is 6.16. The molecule has 0 unspecified atom stereocenters. The number of amides is 2. The molecule has 0 saturated carbocycles. The molecule has 0 atom stereocenters. The third kappa shape index (κ3) is 2.95. The van der Waals surface area contributed by atoms with E-state index in [0.717, 1.165) is 5.39 Å². The molecule has 0 fully saturated rings. The number of para-hydroxylation sites is 1. The Morgan fingerprint density at radius 3 is 2.77 bits per heavy atom. The number of fused-ring (bicyclic) bond motifs is 1. The first-order valence-corrected chi connectivity index (χ1v) is 6.69. The molecule has 2 amide bonds. The number of rotatable bonds is 4. The molecule has 0 radical (unpaired) electrons. The zero-order valence-electron chi connectivity index (χ0n) is 11.6. The molecule has 2 N–H and O–H groups in total. The predicted molar refractivity (Wildman–Crippen MR) is 81.4 cm³/mol. The van der Waals surface area contributed by atoms with Crippen molar-refractivity contribution in [1.82, 2.24) is 10.3 Å². The summed E-state index contributed by atoms with van der Waals surface area (Å²) in [6, 6.07) is 12.4. The molecular weight excluding hydrogens is 282 g/mol. The van der Waals surface area contributed by atoms with Gasteiger partial charge in [-0.25, -0.2) is 0 Å². The summed E-state index contributed by atoms with van der Waals surface area (Å²) in [6.45, 7) is -0.150. The van der Waals surface area contributed by atoms with Crippen molar-refractivity contribution in [3.8, 4) is 0 Å². The van der Waals surface area contributed by atoms with Gasteiger partial charge >= 0.3 is 0 Å².